The molecule has 0 radical (unpaired) electrons. The zero-order valence-corrected chi connectivity index (χ0v) is 18.3. The van der Waals surface area contributed by atoms with Crippen molar-refractivity contribution in [2.75, 3.05) is 45.2 Å². The number of aliphatic imine (C=N–C) groups is 1. The van der Waals surface area contributed by atoms with Gasteiger partial charge in [0.1, 0.15) is 0 Å². The molecule has 0 spiro atoms. The quantitative estimate of drug-likeness (QED) is 0.286. The van der Waals surface area contributed by atoms with Crippen molar-refractivity contribution >= 4 is 15.8 Å². The summed E-state index contributed by atoms with van der Waals surface area (Å²) in [7, 11) is -3.12. The van der Waals surface area contributed by atoms with Gasteiger partial charge in [0.25, 0.3) is 0 Å². The van der Waals surface area contributed by atoms with Gasteiger partial charge in [0, 0.05) is 32.8 Å². The summed E-state index contributed by atoms with van der Waals surface area (Å²) in [5.41, 5.74) is 0.827. The molecule has 1 aromatic rings. The average Bonchev–Trinajstić information content (AvgIpc) is 3.21. The Balaban J connectivity index is 1.60. The van der Waals surface area contributed by atoms with Gasteiger partial charge in [0.15, 0.2) is 15.8 Å². The Morgan fingerprint density at radius 1 is 1.24 bits per heavy atom. The summed E-state index contributed by atoms with van der Waals surface area (Å²) in [5.74, 6) is 0.941. The van der Waals surface area contributed by atoms with Crippen LogP contribution in [0.15, 0.2) is 35.3 Å². The van der Waals surface area contributed by atoms with Crippen LogP contribution in [0.25, 0.3) is 0 Å². The van der Waals surface area contributed by atoms with Crippen molar-refractivity contribution in [3.63, 3.8) is 0 Å². The van der Waals surface area contributed by atoms with Gasteiger partial charge in [-0.1, -0.05) is 30.3 Å². The van der Waals surface area contributed by atoms with Crippen molar-refractivity contribution in [2.24, 2.45) is 4.99 Å². The molecule has 2 N–H and O–H groups in total. The molecular formula is C21H35N3O4S. The van der Waals surface area contributed by atoms with Gasteiger partial charge in [0.05, 0.1) is 24.2 Å². The van der Waals surface area contributed by atoms with E-state index in [1.54, 1.807) is 0 Å². The zero-order chi connectivity index (χ0) is 20.8. The number of hydrogen-bond acceptors (Lipinski definition) is 5. The number of nitrogens with one attached hydrogen (secondary N) is 2. The summed E-state index contributed by atoms with van der Waals surface area (Å²) < 4.78 is 35.7. The lowest BCUT2D eigenvalue weighted by Crippen LogP contribution is -2.38. The van der Waals surface area contributed by atoms with Crippen molar-refractivity contribution in [2.45, 2.75) is 44.5 Å². The molecule has 1 aliphatic heterocycles. The highest BCUT2D eigenvalue weighted by molar-refractivity contribution is 7.90. The molecule has 0 aliphatic carbocycles. The molecule has 0 amide bonds. The molecule has 164 valence electrons. The fourth-order valence-corrected chi connectivity index (χ4v) is 4.50. The number of guanidine groups is 1. The predicted octanol–water partition coefficient (Wildman–Crippen LogP) is 2.13. The van der Waals surface area contributed by atoms with E-state index in [0.29, 0.717) is 32.1 Å². The molecule has 1 aromatic carbocycles. The van der Waals surface area contributed by atoms with Crippen molar-refractivity contribution in [3.05, 3.63) is 35.9 Å². The molecule has 1 atom stereocenters. The summed E-state index contributed by atoms with van der Waals surface area (Å²) in [6.07, 6.45) is 3.88. The first-order valence-electron chi connectivity index (χ1n) is 10.5. The monoisotopic (exact) mass is 425 g/mol. The molecule has 8 heteroatoms. The van der Waals surface area contributed by atoms with Crippen LogP contribution in [0.3, 0.4) is 0 Å². The van der Waals surface area contributed by atoms with Crippen LogP contribution in [0.2, 0.25) is 0 Å². The van der Waals surface area contributed by atoms with E-state index in [9.17, 15) is 8.42 Å². The number of nitrogens with zero attached hydrogens (tertiary/aromatic N) is 1. The zero-order valence-electron chi connectivity index (χ0n) is 17.4. The van der Waals surface area contributed by atoms with E-state index in [2.05, 4.69) is 15.6 Å². The first kappa shape index (κ1) is 23.6. The summed E-state index contributed by atoms with van der Waals surface area (Å²) in [6.45, 7) is 6.20. The van der Waals surface area contributed by atoms with Gasteiger partial charge >= 0.3 is 0 Å². The molecule has 1 aliphatic rings. The van der Waals surface area contributed by atoms with E-state index < -0.39 is 9.84 Å². The maximum atomic E-state index is 12.2. The van der Waals surface area contributed by atoms with Crippen molar-refractivity contribution in [1.29, 1.82) is 0 Å². The first-order valence-corrected chi connectivity index (χ1v) is 12.4. The van der Waals surface area contributed by atoms with E-state index >= 15 is 0 Å². The molecule has 1 unspecified atom stereocenters. The van der Waals surface area contributed by atoms with Crippen molar-refractivity contribution < 1.29 is 17.9 Å². The topological polar surface area (TPSA) is 89.0 Å². The molecule has 1 fully saturated rings. The molecule has 0 aromatic heterocycles. The summed E-state index contributed by atoms with van der Waals surface area (Å²) in [4.78, 5) is 4.47. The first-order chi connectivity index (χ1) is 14.1. The third kappa shape index (κ3) is 10.6. The van der Waals surface area contributed by atoms with E-state index in [1.807, 2.05) is 37.3 Å². The molecule has 1 saturated heterocycles. The Labute approximate surface area is 175 Å². The van der Waals surface area contributed by atoms with Gasteiger partial charge in [-0.2, -0.15) is 0 Å². The van der Waals surface area contributed by atoms with Gasteiger partial charge in [-0.3, -0.25) is 4.99 Å². The highest BCUT2D eigenvalue weighted by Gasteiger charge is 2.15. The lowest BCUT2D eigenvalue weighted by molar-refractivity contribution is 0.0168. The van der Waals surface area contributed by atoms with Crippen LogP contribution in [0.4, 0.5) is 0 Å². The van der Waals surface area contributed by atoms with Gasteiger partial charge in [0.2, 0.25) is 0 Å². The molecule has 7 nitrogen and oxygen atoms in total. The second kappa shape index (κ2) is 13.6. The van der Waals surface area contributed by atoms with E-state index in [-0.39, 0.29) is 17.6 Å². The third-order valence-electron chi connectivity index (χ3n) is 4.54. The van der Waals surface area contributed by atoms with Gasteiger partial charge < -0.3 is 20.1 Å². The molecule has 2 rings (SSSR count). The lowest BCUT2D eigenvalue weighted by atomic mass is 10.2. The maximum absolute atomic E-state index is 12.2. The fourth-order valence-electron chi connectivity index (χ4n) is 3.09. The number of hydrogen-bond donors (Lipinski definition) is 2. The predicted molar refractivity (Wildman–Crippen MR) is 117 cm³/mol. The van der Waals surface area contributed by atoms with E-state index in [1.165, 1.54) is 0 Å². The number of rotatable bonds is 13. The molecule has 0 saturated carbocycles. The summed E-state index contributed by atoms with van der Waals surface area (Å²) in [5, 5.41) is 6.45. The van der Waals surface area contributed by atoms with Crippen molar-refractivity contribution in [1.82, 2.24) is 10.6 Å². The normalized spacial score (nSPS) is 17.4. The second-order valence-corrected chi connectivity index (χ2v) is 9.37. The van der Waals surface area contributed by atoms with Crippen LogP contribution in [-0.2, 0) is 25.1 Å². The minimum absolute atomic E-state index is 0.0851. The SMILES string of the molecule is CCNC(=NCCCS(=O)(=O)Cc1ccccc1)NCCCOCC1CCCO1. The van der Waals surface area contributed by atoms with Crippen LogP contribution >= 0.6 is 0 Å². The highest BCUT2D eigenvalue weighted by Crippen LogP contribution is 2.11. The Hall–Kier alpha value is -1.64. The van der Waals surface area contributed by atoms with Crippen LogP contribution in [-0.4, -0.2) is 65.7 Å². The Kier molecular flexibility index (Phi) is 11.1. The van der Waals surface area contributed by atoms with E-state index in [0.717, 1.165) is 44.5 Å². The largest absolute Gasteiger partial charge is 0.379 e. The van der Waals surface area contributed by atoms with Crippen LogP contribution in [0.5, 0.6) is 0 Å². The standard InChI is InChI=1S/C21H35N3O4S/c1-2-22-21(23-12-7-14-27-17-20-11-6-15-28-20)24-13-8-16-29(25,26)18-19-9-4-3-5-10-19/h3-5,9-10,20H,2,6-8,11-18H2,1H3,(H2,22,23,24). The number of sulfone groups is 1. The smallest absolute Gasteiger partial charge is 0.191 e. The minimum Gasteiger partial charge on any atom is -0.379 e. The minimum atomic E-state index is -3.12. The fraction of sp³-hybridized carbons (Fsp3) is 0.667. The second-order valence-electron chi connectivity index (χ2n) is 7.18. The molecular weight excluding hydrogens is 390 g/mol. The van der Waals surface area contributed by atoms with Crippen LogP contribution in [0.1, 0.15) is 38.2 Å². The van der Waals surface area contributed by atoms with Gasteiger partial charge in [-0.25, -0.2) is 8.42 Å². The highest BCUT2D eigenvalue weighted by atomic mass is 32.2. The Morgan fingerprint density at radius 2 is 2.07 bits per heavy atom. The van der Waals surface area contributed by atoms with E-state index in [4.69, 9.17) is 9.47 Å². The number of ether oxygens (including phenoxy) is 2. The van der Waals surface area contributed by atoms with Gasteiger partial charge in [-0.15, -0.1) is 0 Å². The molecule has 1 heterocycles. The van der Waals surface area contributed by atoms with Crippen LogP contribution in [0, 0.1) is 0 Å². The average molecular weight is 426 g/mol. The summed E-state index contributed by atoms with van der Waals surface area (Å²) in [6, 6.07) is 9.28. The Bertz CT molecular complexity index is 689. The number of benzene rings is 1. The van der Waals surface area contributed by atoms with Crippen LogP contribution < -0.4 is 10.6 Å². The molecule has 29 heavy (non-hydrogen) atoms. The lowest BCUT2D eigenvalue weighted by Gasteiger charge is -2.12. The Morgan fingerprint density at radius 3 is 2.79 bits per heavy atom. The third-order valence-corrected chi connectivity index (χ3v) is 6.23. The van der Waals surface area contributed by atoms with Gasteiger partial charge in [-0.05, 0) is 38.2 Å². The molecule has 0 bridgehead atoms. The maximum Gasteiger partial charge on any atom is 0.191 e. The van der Waals surface area contributed by atoms with Crippen molar-refractivity contribution in [3.8, 4) is 0 Å². The summed E-state index contributed by atoms with van der Waals surface area (Å²) >= 11 is 0.